The molecule has 0 aliphatic rings. The molecule has 2 aromatic rings. The molecular weight excluding hydrogens is 268 g/mol. The van der Waals surface area contributed by atoms with Gasteiger partial charge in [-0.3, -0.25) is 10.1 Å². The molecule has 0 bridgehead atoms. The van der Waals surface area contributed by atoms with Crippen LogP contribution in [0.4, 0.5) is 17.2 Å². The lowest BCUT2D eigenvalue weighted by Gasteiger charge is -2.08. The summed E-state index contributed by atoms with van der Waals surface area (Å²) in [5.41, 5.74) is 2.71. The van der Waals surface area contributed by atoms with Gasteiger partial charge in [0, 0.05) is 5.69 Å². The summed E-state index contributed by atoms with van der Waals surface area (Å²) in [7, 11) is 0. The molecule has 0 atom stereocenters. The van der Waals surface area contributed by atoms with Crippen LogP contribution in [0, 0.1) is 24.0 Å². The van der Waals surface area contributed by atoms with Crippen molar-refractivity contribution in [3.8, 4) is 0 Å². The van der Waals surface area contributed by atoms with Crippen LogP contribution in [0.25, 0.3) is 0 Å². The molecule has 0 unspecified atom stereocenters. The highest BCUT2D eigenvalue weighted by atomic mass is 35.5. The van der Waals surface area contributed by atoms with E-state index >= 15 is 0 Å². The van der Waals surface area contributed by atoms with Gasteiger partial charge in [0.05, 0.1) is 4.92 Å². The number of hydrogen-bond acceptors (Lipinski definition) is 5. The second-order valence-electron chi connectivity index (χ2n) is 4.05. The zero-order chi connectivity index (χ0) is 14.0. The SMILES string of the molecule is Cc1ccc(Nc2nc(Cl)ncc2[N+](=O)[O-])cc1C. The molecule has 0 fully saturated rings. The highest BCUT2D eigenvalue weighted by Gasteiger charge is 2.17. The van der Waals surface area contributed by atoms with Gasteiger partial charge in [0.2, 0.25) is 11.1 Å². The van der Waals surface area contributed by atoms with Gasteiger partial charge in [0.1, 0.15) is 6.20 Å². The van der Waals surface area contributed by atoms with Crippen molar-refractivity contribution in [2.45, 2.75) is 13.8 Å². The molecule has 19 heavy (non-hydrogen) atoms. The van der Waals surface area contributed by atoms with E-state index in [1.165, 1.54) is 0 Å². The molecule has 1 aromatic carbocycles. The van der Waals surface area contributed by atoms with E-state index in [-0.39, 0.29) is 16.8 Å². The van der Waals surface area contributed by atoms with Crippen molar-refractivity contribution in [2.24, 2.45) is 0 Å². The minimum atomic E-state index is -0.556. The number of nitrogens with one attached hydrogen (secondary N) is 1. The Bertz CT molecular complexity index is 646. The average molecular weight is 279 g/mol. The van der Waals surface area contributed by atoms with Gasteiger partial charge in [0.25, 0.3) is 0 Å². The van der Waals surface area contributed by atoms with Gasteiger partial charge in [-0.1, -0.05) is 6.07 Å². The number of aromatic nitrogens is 2. The lowest BCUT2D eigenvalue weighted by atomic mass is 10.1. The van der Waals surface area contributed by atoms with Gasteiger partial charge in [-0.15, -0.1) is 0 Å². The molecule has 0 amide bonds. The van der Waals surface area contributed by atoms with E-state index in [1.807, 2.05) is 32.0 Å². The molecular formula is C12H11ClN4O2. The number of benzene rings is 1. The van der Waals surface area contributed by atoms with Crippen molar-refractivity contribution in [1.82, 2.24) is 9.97 Å². The van der Waals surface area contributed by atoms with Crippen LogP contribution in [0.15, 0.2) is 24.4 Å². The summed E-state index contributed by atoms with van der Waals surface area (Å²) in [6.45, 7) is 3.95. The number of aryl methyl sites for hydroxylation is 2. The van der Waals surface area contributed by atoms with Crippen molar-refractivity contribution in [2.75, 3.05) is 5.32 Å². The third-order valence-electron chi connectivity index (χ3n) is 2.71. The van der Waals surface area contributed by atoms with E-state index in [4.69, 9.17) is 11.6 Å². The second kappa shape index (κ2) is 5.19. The van der Waals surface area contributed by atoms with Gasteiger partial charge in [-0.25, -0.2) is 4.98 Å². The van der Waals surface area contributed by atoms with E-state index < -0.39 is 4.92 Å². The van der Waals surface area contributed by atoms with Gasteiger partial charge >= 0.3 is 5.69 Å². The first-order valence-electron chi connectivity index (χ1n) is 5.48. The molecule has 1 aromatic heterocycles. The van der Waals surface area contributed by atoms with Gasteiger partial charge in [-0.2, -0.15) is 4.98 Å². The number of rotatable bonds is 3. The summed E-state index contributed by atoms with van der Waals surface area (Å²) >= 11 is 5.66. The van der Waals surface area contributed by atoms with Crippen LogP contribution in [0.3, 0.4) is 0 Å². The average Bonchev–Trinajstić information content (AvgIpc) is 2.33. The minimum absolute atomic E-state index is 0.0445. The zero-order valence-electron chi connectivity index (χ0n) is 10.3. The largest absolute Gasteiger partial charge is 0.334 e. The molecule has 0 radical (unpaired) electrons. The summed E-state index contributed by atoms with van der Waals surface area (Å²) in [6.07, 6.45) is 1.08. The summed E-state index contributed by atoms with van der Waals surface area (Å²) in [4.78, 5) is 17.8. The first-order valence-corrected chi connectivity index (χ1v) is 5.86. The zero-order valence-corrected chi connectivity index (χ0v) is 11.1. The lowest BCUT2D eigenvalue weighted by Crippen LogP contribution is -2.01. The fraction of sp³-hybridized carbons (Fsp3) is 0.167. The Morgan fingerprint density at radius 2 is 2.05 bits per heavy atom. The number of nitro groups is 1. The molecule has 0 saturated heterocycles. The smallest absolute Gasteiger partial charge is 0.329 e. The number of halogens is 1. The van der Waals surface area contributed by atoms with E-state index in [0.29, 0.717) is 5.69 Å². The van der Waals surface area contributed by atoms with Crippen molar-refractivity contribution in [1.29, 1.82) is 0 Å². The number of anilines is 2. The van der Waals surface area contributed by atoms with Crippen molar-refractivity contribution in [3.63, 3.8) is 0 Å². The van der Waals surface area contributed by atoms with Crippen LogP contribution in [-0.4, -0.2) is 14.9 Å². The van der Waals surface area contributed by atoms with Crippen molar-refractivity contribution < 1.29 is 4.92 Å². The Kier molecular flexibility index (Phi) is 3.62. The third-order valence-corrected chi connectivity index (χ3v) is 2.89. The molecule has 2 rings (SSSR count). The number of nitrogens with zero attached hydrogens (tertiary/aromatic N) is 3. The maximum atomic E-state index is 10.9. The molecule has 1 N–H and O–H groups in total. The Hall–Kier alpha value is -2.21. The monoisotopic (exact) mass is 278 g/mol. The van der Waals surface area contributed by atoms with Crippen LogP contribution in [0.5, 0.6) is 0 Å². The van der Waals surface area contributed by atoms with Crippen LogP contribution < -0.4 is 5.32 Å². The maximum absolute atomic E-state index is 10.9. The fourth-order valence-corrected chi connectivity index (χ4v) is 1.67. The van der Waals surface area contributed by atoms with Gasteiger partial charge < -0.3 is 5.32 Å². The molecule has 7 heteroatoms. The van der Waals surface area contributed by atoms with E-state index in [1.54, 1.807) is 0 Å². The molecule has 6 nitrogen and oxygen atoms in total. The quantitative estimate of drug-likeness (QED) is 0.529. The predicted molar refractivity (Wildman–Crippen MR) is 72.9 cm³/mol. The highest BCUT2D eigenvalue weighted by Crippen LogP contribution is 2.26. The second-order valence-corrected chi connectivity index (χ2v) is 4.39. The maximum Gasteiger partial charge on any atom is 0.329 e. The van der Waals surface area contributed by atoms with E-state index in [9.17, 15) is 10.1 Å². The van der Waals surface area contributed by atoms with Crippen molar-refractivity contribution in [3.05, 3.63) is 50.9 Å². The Morgan fingerprint density at radius 1 is 1.32 bits per heavy atom. The van der Waals surface area contributed by atoms with Crippen LogP contribution >= 0.6 is 11.6 Å². The first-order chi connectivity index (χ1) is 8.97. The predicted octanol–water partition coefficient (Wildman–Crippen LogP) is 3.40. The topological polar surface area (TPSA) is 81.0 Å². The summed E-state index contributed by atoms with van der Waals surface area (Å²) in [5, 5.41) is 13.7. The van der Waals surface area contributed by atoms with Crippen molar-refractivity contribution >= 4 is 28.8 Å². The van der Waals surface area contributed by atoms with Gasteiger partial charge in [-0.05, 0) is 48.7 Å². The van der Waals surface area contributed by atoms with Crippen LogP contribution in [0.1, 0.15) is 11.1 Å². The molecule has 0 aliphatic carbocycles. The Labute approximate surface area is 114 Å². The third kappa shape index (κ3) is 2.97. The van der Waals surface area contributed by atoms with Crippen LogP contribution in [-0.2, 0) is 0 Å². The number of hydrogen-bond donors (Lipinski definition) is 1. The Balaban J connectivity index is 2.39. The fourth-order valence-electron chi connectivity index (χ4n) is 1.54. The Morgan fingerprint density at radius 3 is 2.68 bits per heavy atom. The first kappa shape index (κ1) is 13.2. The van der Waals surface area contributed by atoms with E-state index in [2.05, 4.69) is 15.3 Å². The molecule has 1 heterocycles. The standard InChI is InChI=1S/C12H11ClN4O2/c1-7-3-4-9(5-8(7)2)15-11-10(17(18)19)6-14-12(13)16-11/h3-6H,1-2H3,(H,14,15,16). The molecule has 0 saturated carbocycles. The summed E-state index contributed by atoms with van der Waals surface area (Å²) in [5.74, 6) is 0.0771. The summed E-state index contributed by atoms with van der Waals surface area (Å²) in [6, 6.07) is 5.63. The lowest BCUT2D eigenvalue weighted by molar-refractivity contribution is -0.384. The normalized spacial score (nSPS) is 10.3. The van der Waals surface area contributed by atoms with E-state index in [0.717, 1.165) is 17.3 Å². The van der Waals surface area contributed by atoms with Crippen LogP contribution in [0.2, 0.25) is 5.28 Å². The molecule has 0 aliphatic heterocycles. The minimum Gasteiger partial charge on any atom is -0.334 e. The highest BCUT2D eigenvalue weighted by molar-refractivity contribution is 6.28. The van der Waals surface area contributed by atoms with Gasteiger partial charge in [0.15, 0.2) is 0 Å². The molecule has 98 valence electrons. The summed E-state index contributed by atoms with van der Waals surface area (Å²) < 4.78 is 0. The molecule has 0 spiro atoms.